The highest BCUT2D eigenvalue weighted by Gasteiger charge is 2.23. The number of ether oxygens (including phenoxy) is 1. The zero-order valence-electron chi connectivity index (χ0n) is 12.7. The molecule has 1 unspecified atom stereocenters. The molecule has 1 heterocycles. The fourth-order valence-electron chi connectivity index (χ4n) is 3.74. The summed E-state index contributed by atoms with van der Waals surface area (Å²) in [5, 5.41) is 2.34. The highest BCUT2D eigenvalue weighted by Crippen LogP contribution is 2.21. The van der Waals surface area contributed by atoms with Gasteiger partial charge in [0.2, 0.25) is 0 Å². The van der Waals surface area contributed by atoms with Crippen molar-refractivity contribution in [3.05, 3.63) is 34.2 Å². The smallest absolute Gasteiger partial charge is 0.338 e. The summed E-state index contributed by atoms with van der Waals surface area (Å²) in [5.41, 5.74) is 8.38. The highest BCUT2D eigenvalue weighted by atomic mass is 16.5. The lowest BCUT2D eigenvalue weighted by atomic mass is 9.94. The number of benzene rings is 1. The molecule has 4 heteroatoms. The Morgan fingerprint density at radius 3 is 2.91 bits per heavy atom. The predicted octanol–water partition coefficient (Wildman–Crippen LogP) is 1.19. The SMILES string of the molecule is O=C(OC1CCCCC1)c1ccc2c(c1)=CCC1CNNC=21. The molecule has 0 radical (unpaired) electrons. The number of hydrogen-bond acceptors (Lipinski definition) is 4. The maximum Gasteiger partial charge on any atom is 0.338 e. The van der Waals surface area contributed by atoms with E-state index in [0.717, 1.165) is 31.0 Å². The number of nitrogens with one attached hydrogen (secondary N) is 2. The van der Waals surface area contributed by atoms with Crippen LogP contribution < -0.4 is 21.3 Å². The van der Waals surface area contributed by atoms with Crippen LogP contribution in [0.3, 0.4) is 0 Å². The second-order valence-corrected chi connectivity index (χ2v) is 6.52. The Hall–Kier alpha value is -1.81. The standard InChI is InChI=1S/C18H22N2O2/c21-18(22-15-4-2-1-3-5-15)13-8-9-16-12(10-13)6-7-14-11-19-20-17(14)16/h6,8-10,14-15,19-20H,1-5,7,11H2. The number of carbonyl (C=O) groups excluding carboxylic acids is 1. The lowest BCUT2D eigenvalue weighted by molar-refractivity contribution is 0.0211. The Morgan fingerprint density at radius 1 is 1.18 bits per heavy atom. The van der Waals surface area contributed by atoms with Crippen molar-refractivity contribution in [3.8, 4) is 0 Å². The molecule has 4 rings (SSSR count). The maximum atomic E-state index is 12.4. The van der Waals surface area contributed by atoms with Gasteiger partial charge >= 0.3 is 5.97 Å². The lowest BCUT2D eigenvalue weighted by Gasteiger charge is -2.22. The Labute approximate surface area is 130 Å². The third-order valence-electron chi connectivity index (χ3n) is 5.01. The minimum absolute atomic E-state index is 0.112. The van der Waals surface area contributed by atoms with Gasteiger partial charge in [-0.15, -0.1) is 0 Å². The van der Waals surface area contributed by atoms with Gasteiger partial charge in [-0.2, -0.15) is 0 Å². The summed E-state index contributed by atoms with van der Waals surface area (Å²) >= 11 is 0. The van der Waals surface area contributed by atoms with Crippen molar-refractivity contribution in [2.75, 3.05) is 6.54 Å². The van der Waals surface area contributed by atoms with E-state index >= 15 is 0 Å². The van der Waals surface area contributed by atoms with Gasteiger partial charge in [0.05, 0.1) is 5.56 Å². The molecule has 2 fully saturated rings. The molecule has 1 aromatic carbocycles. The van der Waals surface area contributed by atoms with E-state index in [1.807, 2.05) is 18.2 Å². The number of esters is 1. The molecule has 2 N–H and O–H groups in total. The van der Waals surface area contributed by atoms with Crippen LogP contribution in [0.5, 0.6) is 0 Å². The van der Waals surface area contributed by atoms with E-state index in [9.17, 15) is 4.79 Å². The minimum Gasteiger partial charge on any atom is -0.459 e. The van der Waals surface area contributed by atoms with Crippen LogP contribution in [0, 0.1) is 5.92 Å². The molecule has 0 spiro atoms. The van der Waals surface area contributed by atoms with E-state index in [2.05, 4.69) is 16.9 Å². The fourth-order valence-corrected chi connectivity index (χ4v) is 3.74. The first-order valence-electron chi connectivity index (χ1n) is 8.35. The molecule has 0 bridgehead atoms. The maximum absolute atomic E-state index is 12.4. The lowest BCUT2D eigenvalue weighted by Crippen LogP contribution is -2.36. The summed E-state index contributed by atoms with van der Waals surface area (Å²) in [6.45, 7) is 0.969. The van der Waals surface area contributed by atoms with Gasteiger partial charge < -0.3 is 10.2 Å². The molecule has 1 saturated carbocycles. The number of fused-ring (bicyclic) bond motifs is 2. The van der Waals surface area contributed by atoms with Gasteiger partial charge in [0.15, 0.2) is 0 Å². The zero-order chi connectivity index (χ0) is 14.9. The molecule has 2 aliphatic carbocycles. The minimum atomic E-state index is -0.173. The van der Waals surface area contributed by atoms with Crippen LogP contribution in [0.4, 0.5) is 0 Å². The Balaban J connectivity index is 1.59. The first-order valence-corrected chi connectivity index (χ1v) is 8.35. The summed E-state index contributed by atoms with van der Waals surface area (Å²) in [6.07, 6.45) is 9.00. The van der Waals surface area contributed by atoms with Gasteiger partial charge in [0, 0.05) is 23.4 Å². The van der Waals surface area contributed by atoms with Gasteiger partial charge in [0.25, 0.3) is 0 Å². The summed E-state index contributed by atoms with van der Waals surface area (Å²) in [6, 6.07) is 5.92. The normalized spacial score (nSPS) is 24.0. The van der Waals surface area contributed by atoms with Gasteiger partial charge in [0.1, 0.15) is 6.10 Å². The molecule has 116 valence electrons. The predicted molar refractivity (Wildman–Crippen MR) is 85.1 cm³/mol. The third kappa shape index (κ3) is 2.52. The molecule has 0 aromatic heterocycles. The molecular formula is C18H22N2O2. The second kappa shape index (κ2) is 5.76. The fraction of sp³-hybridized carbons (Fsp3) is 0.500. The van der Waals surface area contributed by atoms with Crippen molar-refractivity contribution >= 4 is 17.7 Å². The van der Waals surface area contributed by atoms with E-state index in [1.54, 1.807) is 0 Å². The topological polar surface area (TPSA) is 50.4 Å². The average Bonchev–Trinajstić information content (AvgIpc) is 3.04. The van der Waals surface area contributed by atoms with Gasteiger partial charge in [-0.1, -0.05) is 18.6 Å². The van der Waals surface area contributed by atoms with Gasteiger partial charge in [-0.05, 0) is 49.5 Å². The van der Waals surface area contributed by atoms with Crippen LogP contribution in [0.25, 0.3) is 11.8 Å². The zero-order valence-corrected chi connectivity index (χ0v) is 12.7. The first kappa shape index (κ1) is 13.8. The quantitative estimate of drug-likeness (QED) is 0.806. The molecule has 0 amide bonds. The van der Waals surface area contributed by atoms with Crippen molar-refractivity contribution in [2.45, 2.75) is 44.6 Å². The van der Waals surface area contributed by atoms with Crippen LogP contribution in [0.2, 0.25) is 0 Å². The van der Waals surface area contributed by atoms with Crippen molar-refractivity contribution in [1.29, 1.82) is 0 Å². The molecule has 22 heavy (non-hydrogen) atoms. The largest absolute Gasteiger partial charge is 0.459 e. The summed E-state index contributed by atoms with van der Waals surface area (Å²) in [4.78, 5) is 12.4. The summed E-state index contributed by atoms with van der Waals surface area (Å²) in [7, 11) is 0. The molecule has 1 aromatic rings. The Kier molecular flexibility index (Phi) is 3.62. The Morgan fingerprint density at radius 2 is 2.05 bits per heavy atom. The van der Waals surface area contributed by atoms with Crippen molar-refractivity contribution in [2.24, 2.45) is 5.92 Å². The van der Waals surface area contributed by atoms with Crippen molar-refractivity contribution < 1.29 is 9.53 Å². The average molecular weight is 298 g/mol. The molecule has 1 atom stereocenters. The Bertz CT molecular complexity index is 704. The highest BCUT2D eigenvalue weighted by molar-refractivity contribution is 5.89. The molecular weight excluding hydrogens is 276 g/mol. The van der Waals surface area contributed by atoms with Crippen LogP contribution >= 0.6 is 0 Å². The van der Waals surface area contributed by atoms with E-state index in [1.165, 1.54) is 30.2 Å². The van der Waals surface area contributed by atoms with E-state index in [0.29, 0.717) is 11.5 Å². The second-order valence-electron chi connectivity index (χ2n) is 6.52. The van der Waals surface area contributed by atoms with Crippen molar-refractivity contribution in [1.82, 2.24) is 10.9 Å². The van der Waals surface area contributed by atoms with Crippen LogP contribution in [-0.4, -0.2) is 18.6 Å². The number of carbonyl (C=O) groups is 1. The molecule has 1 saturated heterocycles. The van der Waals surface area contributed by atoms with Crippen LogP contribution in [-0.2, 0) is 4.74 Å². The first-order chi connectivity index (χ1) is 10.8. The van der Waals surface area contributed by atoms with Gasteiger partial charge in [-0.3, -0.25) is 0 Å². The third-order valence-corrected chi connectivity index (χ3v) is 5.01. The van der Waals surface area contributed by atoms with Gasteiger partial charge in [-0.25, -0.2) is 10.2 Å². The van der Waals surface area contributed by atoms with Crippen molar-refractivity contribution in [3.63, 3.8) is 0 Å². The number of hydrazine groups is 1. The van der Waals surface area contributed by atoms with Crippen LogP contribution in [0.1, 0.15) is 48.9 Å². The monoisotopic (exact) mass is 298 g/mol. The summed E-state index contributed by atoms with van der Waals surface area (Å²) < 4.78 is 5.67. The van der Waals surface area contributed by atoms with E-state index < -0.39 is 0 Å². The van der Waals surface area contributed by atoms with E-state index in [4.69, 9.17) is 4.74 Å². The molecule has 4 nitrogen and oxygen atoms in total. The molecule has 3 aliphatic rings. The van der Waals surface area contributed by atoms with E-state index in [-0.39, 0.29) is 12.1 Å². The number of hydrogen-bond donors (Lipinski definition) is 2. The number of rotatable bonds is 2. The summed E-state index contributed by atoms with van der Waals surface area (Å²) in [5.74, 6) is 0.361. The van der Waals surface area contributed by atoms with Crippen LogP contribution in [0.15, 0.2) is 18.2 Å². The molecule has 1 aliphatic heterocycles.